The van der Waals surface area contributed by atoms with E-state index in [9.17, 15) is 8.42 Å². The van der Waals surface area contributed by atoms with Crippen molar-refractivity contribution in [1.82, 2.24) is 0 Å². The first kappa shape index (κ1) is 13.9. The number of halogens is 1. The summed E-state index contributed by atoms with van der Waals surface area (Å²) in [6.45, 7) is 0. The van der Waals surface area contributed by atoms with E-state index in [0.717, 1.165) is 0 Å². The zero-order valence-electron chi connectivity index (χ0n) is 10.1. The Bertz CT molecular complexity index is 669. The third-order valence-corrected chi connectivity index (χ3v) is 4.86. The lowest BCUT2D eigenvalue weighted by atomic mass is 10.3. The predicted molar refractivity (Wildman–Crippen MR) is 77.9 cm³/mol. The van der Waals surface area contributed by atoms with Crippen LogP contribution in [0.4, 0.5) is 5.69 Å². The van der Waals surface area contributed by atoms with Crippen LogP contribution in [0.2, 0.25) is 0 Å². The second-order valence-electron chi connectivity index (χ2n) is 3.76. The van der Waals surface area contributed by atoms with E-state index in [-0.39, 0.29) is 4.90 Å². The zero-order chi connectivity index (χ0) is 13.9. The van der Waals surface area contributed by atoms with Crippen molar-refractivity contribution in [2.75, 3.05) is 11.8 Å². The number of hydrogen-bond acceptors (Lipinski definition) is 3. The van der Waals surface area contributed by atoms with Crippen molar-refractivity contribution in [3.63, 3.8) is 0 Å². The quantitative estimate of drug-likeness (QED) is 0.928. The van der Waals surface area contributed by atoms with Crippen molar-refractivity contribution < 1.29 is 13.2 Å². The van der Waals surface area contributed by atoms with Crippen LogP contribution in [0.25, 0.3) is 0 Å². The Labute approximate surface area is 120 Å². The average Bonchev–Trinajstić information content (AvgIpc) is 2.39. The lowest BCUT2D eigenvalue weighted by Crippen LogP contribution is -2.13. The van der Waals surface area contributed by atoms with Gasteiger partial charge in [0.25, 0.3) is 10.0 Å². The molecule has 0 saturated carbocycles. The molecule has 2 rings (SSSR count). The largest absolute Gasteiger partial charge is 0.497 e. The molecule has 0 fully saturated rings. The molecule has 1 N–H and O–H groups in total. The monoisotopic (exact) mass is 341 g/mol. The third kappa shape index (κ3) is 3.27. The number of anilines is 1. The standard InChI is InChI=1S/C13H12BrNO3S/c1-18-11-8-6-10(7-9-11)15-19(16,17)13-5-3-2-4-12(13)14/h2-9,15H,1H3. The number of ether oxygens (including phenoxy) is 1. The molecular formula is C13H12BrNO3S. The van der Waals surface area contributed by atoms with E-state index in [1.165, 1.54) is 6.07 Å². The number of methoxy groups -OCH3 is 1. The van der Waals surface area contributed by atoms with Gasteiger partial charge in [-0.1, -0.05) is 12.1 Å². The van der Waals surface area contributed by atoms with Gasteiger partial charge in [0.1, 0.15) is 10.6 Å². The molecule has 0 unspecified atom stereocenters. The Hall–Kier alpha value is -1.53. The number of rotatable bonds is 4. The maximum Gasteiger partial charge on any atom is 0.263 e. The number of benzene rings is 2. The Kier molecular flexibility index (Phi) is 4.11. The van der Waals surface area contributed by atoms with Crippen LogP contribution in [0, 0.1) is 0 Å². The van der Waals surface area contributed by atoms with E-state index in [2.05, 4.69) is 20.7 Å². The lowest BCUT2D eigenvalue weighted by Gasteiger charge is -2.09. The average molecular weight is 342 g/mol. The lowest BCUT2D eigenvalue weighted by molar-refractivity contribution is 0.415. The Morgan fingerprint density at radius 1 is 1.05 bits per heavy atom. The smallest absolute Gasteiger partial charge is 0.263 e. The zero-order valence-corrected chi connectivity index (χ0v) is 12.5. The molecule has 0 aromatic heterocycles. The summed E-state index contributed by atoms with van der Waals surface area (Å²) in [6, 6.07) is 13.3. The van der Waals surface area contributed by atoms with Gasteiger partial charge in [0.2, 0.25) is 0 Å². The highest BCUT2D eigenvalue weighted by Gasteiger charge is 2.16. The van der Waals surface area contributed by atoms with Gasteiger partial charge in [0, 0.05) is 10.2 Å². The number of sulfonamides is 1. The van der Waals surface area contributed by atoms with Crippen molar-refractivity contribution in [3.8, 4) is 5.75 Å². The molecule has 0 aliphatic heterocycles. The van der Waals surface area contributed by atoms with Crippen LogP contribution in [0.1, 0.15) is 0 Å². The minimum atomic E-state index is -3.60. The van der Waals surface area contributed by atoms with E-state index in [1.807, 2.05) is 0 Å². The van der Waals surface area contributed by atoms with Crippen LogP contribution in [0.5, 0.6) is 5.75 Å². The summed E-state index contributed by atoms with van der Waals surface area (Å²) in [5.74, 6) is 0.670. The normalized spacial score (nSPS) is 11.1. The molecule has 0 aliphatic carbocycles. The highest BCUT2D eigenvalue weighted by atomic mass is 79.9. The molecule has 100 valence electrons. The highest BCUT2D eigenvalue weighted by Crippen LogP contribution is 2.24. The van der Waals surface area contributed by atoms with E-state index in [1.54, 1.807) is 49.6 Å². The molecule has 0 amide bonds. The number of nitrogens with one attached hydrogen (secondary N) is 1. The van der Waals surface area contributed by atoms with Crippen LogP contribution in [0.3, 0.4) is 0 Å². The molecular weight excluding hydrogens is 330 g/mol. The van der Waals surface area contributed by atoms with Crippen LogP contribution in [0.15, 0.2) is 57.9 Å². The van der Waals surface area contributed by atoms with E-state index in [0.29, 0.717) is 15.9 Å². The van der Waals surface area contributed by atoms with Gasteiger partial charge in [0.15, 0.2) is 0 Å². The molecule has 6 heteroatoms. The van der Waals surface area contributed by atoms with E-state index in [4.69, 9.17) is 4.74 Å². The summed E-state index contributed by atoms with van der Waals surface area (Å²) in [5, 5.41) is 0. The highest BCUT2D eigenvalue weighted by molar-refractivity contribution is 9.10. The maximum atomic E-state index is 12.2. The van der Waals surface area contributed by atoms with Gasteiger partial charge in [-0.25, -0.2) is 8.42 Å². The van der Waals surface area contributed by atoms with Gasteiger partial charge in [-0.15, -0.1) is 0 Å². The molecule has 4 nitrogen and oxygen atoms in total. The van der Waals surface area contributed by atoms with Crippen molar-refractivity contribution in [2.24, 2.45) is 0 Å². The second kappa shape index (κ2) is 5.63. The SMILES string of the molecule is COc1ccc(NS(=O)(=O)c2ccccc2Br)cc1. The maximum absolute atomic E-state index is 12.2. The van der Waals surface area contributed by atoms with Crippen molar-refractivity contribution in [2.45, 2.75) is 4.90 Å². The fourth-order valence-electron chi connectivity index (χ4n) is 1.53. The molecule has 0 spiro atoms. The van der Waals surface area contributed by atoms with Gasteiger partial charge < -0.3 is 4.74 Å². The van der Waals surface area contributed by atoms with Crippen LogP contribution in [-0.2, 0) is 10.0 Å². The first-order valence-electron chi connectivity index (χ1n) is 5.44. The van der Waals surface area contributed by atoms with Crippen molar-refractivity contribution in [1.29, 1.82) is 0 Å². The molecule has 0 saturated heterocycles. The predicted octanol–water partition coefficient (Wildman–Crippen LogP) is 3.26. The summed E-state index contributed by atoms with van der Waals surface area (Å²) in [6.07, 6.45) is 0. The summed E-state index contributed by atoms with van der Waals surface area (Å²) < 4.78 is 32.5. The van der Waals surface area contributed by atoms with Gasteiger partial charge in [-0.05, 0) is 52.3 Å². The van der Waals surface area contributed by atoms with Crippen molar-refractivity contribution >= 4 is 31.6 Å². The molecule has 0 atom stereocenters. The van der Waals surface area contributed by atoms with E-state index < -0.39 is 10.0 Å². The molecule has 19 heavy (non-hydrogen) atoms. The summed E-state index contributed by atoms with van der Waals surface area (Å²) in [4.78, 5) is 0.200. The number of hydrogen-bond donors (Lipinski definition) is 1. The minimum absolute atomic E-state index is 0.200. The van der Waals surface area contributed by atoms with Crippen LogP contribution >= 0.6 is 15.9 Å². The Morgan fingerprint density at radius 2 is 1.68 bits per heavy atom. The second-order valence-corrected chi connectivity index (χ2v) is 6.27. The molecule has 0 heterocycles. The summed E-state index contributed by atoms with van der Waals surface area (Å²) >= 11 is 3.23. The third-order valence-electron chi connectivity index (χ3n) is 2.47. The fourth-order valence-corrected chi connectivity index (χ4v) is 3.59. The Morgan fingerprint density at radius 3 is 2.26 bits per heavy atom. The van der Waals surface area contributed by atoms with Crippen molar-refractivity contribution in [3.05, 3.63) is 53.0 Å². The topological polar surface area (TPSA) is 55.4 Å². The Balaban J connectivity index is 2.28. The fraction of sp³-hybridized carbons (Fsp3) is 0.0769. The minimum Gasteiger partial charge on any atom is -0.497 e. The molecule has 0 aliphatic rings. The molecule has 0 radical (unpaired) electrons. The van der Waals surface area contributed by atoms with Gasteiger partial charge in [0.05, 0.1) is 7.11 Å². The molecule has 2 aromatic carbocycles. The first-order chi connectivity index (χ1) is 9.03. The summed E-state index contributed by atoms with van der Waals surface area (Å²) in [5.41, 5.74) is 0.483. The van der Waals surface area contributed by atoms with Crippen LogP contribution in [-0.4, -0.2) is 15.5 Å². The van der Waals surface area contributed by atoms with Gasteiger partial charge in [-0.2, -0.15) is 0 Å². The van der Waals surface area contributed by atoms with E-state index >= 15 is 0 Å². The van der Waals surface area contributed by atoms with Crippen LogP contribution < -0.4 is 9.46 Å². The first-order valence-corrected chi connectivity index (χ1v) is 7.72. The molecule has 2 aromatic rings. The molecule has 0 bridgehead atoms. The summed E-state index contributed by atoms with van der Waals surface area (Å²) in [7, 11) is -2.05. The van der Waals surface area contributed by atoms with Gasteiger partial charge >= 0.3 is 0 Å². The van der Waals surface area contributed by atoms with Gasteiger partial charge in [-0.3, -0.25) is 4.72 Å².